The second kappa shape index (κ2) is 2.36. The third-order valence-electron chi connectivity index (χ3n) is 1.52. The second-order valence-electron chi connectivity index (χ2n) is 2.30. The lowest BCUT2D eigenvalue weighted by atomic mass is 9.80. The van der Waals surface area contributed by atoms with Gasteiger partial charge >= 0.3 is 7.41 Å². The minimum absolute atomic E-state index is 1.33. The topological polar surface area (TPSA) is 4.44 Å². The average molecular weight is 97.0 g/mol. The van der Waals surface area contributed by atoms with Gasteiger partial charge in [-0.3, -0.25) is 0 Å². The fourth-order valence-electron chi connectivity index (χ4n) is 0.999. The average Bonchev–Trinajstić information content (AvgIpc) is 1.69. The summed E-state index contributed by atoms with van der Waals surface area (Å²) in [6, 6.07) is 0. The highest BCUT2D eigenvalue weighted by Gasteiger charge is 2.11. The normalized spacial score (nSPS) is 31.9. The number of quaternary nitrogens is 1. The molecule has 2 heteroatoms. The summed E-state index contributed by atoms with van der Waals surface area (Å²) in [5, 5.41) is 0. The minimum atomic E-state index is 1.33. The van der Waals surface area contributed by atoms with Crippen LogP contribution in [0.1, 0.15) is 12.8 Å². The Kier molecular flexibility index (Phi) is 1.74. The number of hydrogen-bond acceptors (Lipinski definition) is 0. The first kappa shape index (κ1) is 5.17. The number of hydrogen-bond donors (Lipinski definition) is 1. The monoisotopic (exact) mass is 97.1 g/mol. The van der Waals surface area contributed by atoms with Gasteiger partial charge in [-0.25, -0.2) is 0 Å². The van der Waals surface area contributed by atoms with Crippen molar-refractivity contribution in [2.24, 2.45) is 0 Å². The number of nitrogens with one attached hydrogen (secondary N) is 1. The first-order valence-electron chi connectivity index (χ1n) is 3.05. The van der Waals surface area contributed by atoms with E-state index in [9.17, 15) is 0 Å². The zero-order chi connectivity index (χ0) is 5.11. The Morgan fingerprint density at radius 3 is 2.57 bits per heavy atom. The third kappa shape index (κ3) is 1.52. The van der Waals surface area contributed by atoms with E-state index in [0.717, 1.165) is 0 Å². The molecule has 0 saturated carbocycles. The van der Waals surface area contributed by atoms with E-state index in [2.05, 4.69) is 14.5 Å². The molecule has 0 bridgehead atoms. The molecule has 39 valence electrons. The van der Waals surface area contributed by atoms with E-state index in [1.807, 2.05) is 0 Å². The SMILES string of the molecule is C[NH+]1[B]CCCC1. The predicted molar refractivity (Wildman–Crippen MR) is 31.5 cm³/mol. The molecule has 7 heavy (non-hydrogen) atoms. The highest BCUT2D eigenvalue weighted by molar-refractivity contribution is 6.24. The zero-order valence-corrected chi connectivity index (χ0v) is 4.91. The molecule has 1 fully saturated rings. The van der Waals surface area contributed by atoms with Crippen molar-refractivity contribution in [2.45, 2.75) is 19.2 Å². The Morgan fingerprint density at radius 2 is 2.29 bits per heavy atom. The maximum atomic E-state index is 2.35. The van der Waals surface area contributed by atoms with Crippen LogP contribution in [0.3, 0.4) is 0 Å². The van der Waals surface area contributed by atoms with Gasteiger partial charge in [-0.1, -0.05) is 0 Å². The first-order valence-corrected chi connectivity index (χ1v) is 3.05. The molecular formula is C5H12BN+. The fraction of sp³-hybridized carbons (Fsp3) is 1.00. The van der Waals surface area contributed by atoms with Gasteiger partial charge < -0.3 is 4.81 Å². The maximum absolute atomic E-state index is 2.35. The van der Waals surface area contributed by atoms with E-state index >= 15 is 0 Å². The molecule has 1 rings (SSSR count). The molecule has 1 radical (unpaired) electrons. The molecule has 0 aliphatic carbocycles. The quantitative estimate of drug-likeness (QED) is 0.382. The van der Waals surface area contributed by atoms with Crippen LogP contribution in [-0.2, 0) is 0 Å². The van der Waals surface area contributed by atoms with Gasteiger partial charge in [-0.05, 0) is 19.2 Å². The highest BCUT2D eigenvalue weighted by atomic mass is 15.0. The van der Waals surface area contributed by atoms with Crippen molar-refractivity contribution in [1.82, 2.24) is 0 Å². The van der Waals surface area contributed by atoms with Crippen LogP contribution >= 0.6 is 0 Å². The van der Waals surface area contributed by atoms with Crippen LogP contribution in [-0.4, -0.2) is 21.0 Å². The largest absolute Gasteiger partial charge is 0.444 e. The van der Waals surface area contributed by atoms with Crippen molar-refractivity contribution in [1.29, 1.82) is 0 Å². The second-order valence-corrected chi connectivity index (χ2v) is 2.30. The first-order chi connectivity index (χ1) is 3.39. The van der Waals surface area contributed by atoms with Crippen molar-refractivity contribution in [3.8, 4) is 0 Å². The van der Waals surface area contributed by atoms with Crippen LogP contribution in [0.2, 0.25) is 6.32 Å². The van der Waals surface area contributed by atoms with E-state index in [0.29, 0.717) is 0 Å². The summed E-state index contributed by atoms with van der Waals surface area (Å²) in [6.07, 6.45) is 4.16. The summed E-state index contributed by atoms with van der Waals surface area (Å²) >= 11 is 0. The molecule has 1 saturated heterocycles. The van der Waals surface area contributed by atoms with Gasteiger partial charge in [0.1, 0.15) is 0 Å². The molecule has 0 amide bonds. The molecule has 1 nitrogen and oxygen atoms in total. The lowest BCUT2D eigenvalue weighted by molar-refractivity contribution is -0.764. The van der Waals surface area contributed by atoms with Crippen molar-refractivity contribution in [3.63, 3.8) is 0 Å². The summed E-state index contributed by atoms with van der Waals surface area (Å²) in [7, 11) is 4.57. The summed E-state index contributed by atoms with van der Waals surface area (Å²) < 4.78 is 0. The summed E-state index contributed by atoms with van der Waals surface area (Å²) in [5.41, 5.74) is 0. The van der Waals surface area contributed by atoms with Gasteiger partial charge in [0.25, 0.3) is 0 Å². The maximum Gasteiger partial charge on any atom is 0.444 e. The van der Waals surface area contributed by atoms with Crippen molar-refractivity contribution in [3.05, 3.63) is 0 Å². The van der Waals surface area contributed by atoms with Crippen LogP contribution in [0.15, 0.2) is 0 Å². The molecule has 1 aliphatic rings. The lowest BCUT2D eigenvalue weighted by Crippen LogP contribution is -3.11. The van der Waals surface area contributed by atoms with E-state index in [1.165, 1.54) is 25.7 Å². The molecule has 1 N–H and O–H groups in total. The van der Waals surface area contributed by atoms with Gasteiger partial charge in [-0.15, -0.1) is 0 Å². The van der Waals surface area contributed by atoms with Gasteiger partial charge in [0.05, 0.1) is 6.54 Å². The van der Waals surface area contributed by atoms with Crippen LogP contribution in [0, 0.1) is 0 Å². The fourth-order valence-corrected chi connectivity index (χ4v) is 0.999. The summed E-state index contributed by atoms with van der Waals surface area (Å²) in [6.45, 7) is 1.35. The molecular weight excluding hydrogens is 84.9 g/mol. The van der Waals surface area contributed by atoms with Crippen LogP contribution in [0.25, 0.3) is 0 Å². The highest BCUT2D eigenvalue weighted by Crippen LogP contribution is 1.92. The molecule has 1 heterocycles. The van der Waals surface area contributed by atoms with Gasteiger partial charge in [0.15, 0.2) is 0 Å². The molecule has 0 aromatic heterocycles. The van der Waals surface area contributed by atoms with Crippen molar-refractivity contribution < 1.29 is 4.81 Å². The van der Waals surface area contributed by atoms with E-state index < -0.39 is 0 Å². The van der Waals surface area contributed by atoms with Gasteiger partial charge in [0.2, 0.25) is 0 Å². The molecule has 1 aliphatic heterocycles. The minimum Gasteiger partial charge on any atom is -0.408 e. The third-order valence-corrected chi connectivity index (χ3v) is 1.52. The Labute approximate surface area is 46.0 Å². The number of rotatable bonds is 0. The summed E-state index contributed by atoms with van der Waals surface area (Å²) in [5.74, 6) is 0. The lowest BCUT2D eigenvalue weighted by Gasteiger charge is -2.15. The molecule has 0 spiro atoms. The van der Waals surface area contributed by atoms with Crippen LogP contribution in [0.4, 0.5) is 0 Å². The Morgan fingerprint density at radius 1 is 1.43 bits per heavy atom. The van der Waals surface area contributed by atoms with E-state index in [4.69, 9.17) is 0 Å². The van der Waals surface area contributed by atoms with Crippen LogP contribution < -0.4 is 4.81 Å². The van der Waals surface area contributed by atoms with Crippen LogP contribution in [0.5, 0.6) is 0 Å². The predicted octanol–water partition coefficient (Wildman–Crippen LogP) is -0.668. The van der Waals surface area contributed by atoms with E-state index in [1.54, 1.807) is 4.81 Å². The Balaban J connectivity index is 2.12. The molecule has 0 aromatic rings. The summed E-state index contributed by atoms with van der Waals surface area (Å²) in [4.78, 5) is 1.59. The smallest absolute Gasteiger partial charge is 0.408 e. The zero-order valence-electron chi connectivity index (χ0n) is 4.91. The van der Waals surface area contributed by atoms with Gasteiger partial charge in [-0.2, -0.15) is 0 Å². The van der Waals surface area contributed by atoms with E-state index in [-0.39, 0.29) is 0 Å². The Bertz CT molecular complexity index is 50.0. The standard InChI is InChI=1S/C5H12BN/c1-7-5-3-2-4-6-7/h7H,2-5H2,1H3/q+1. The molecule has 0 aromatic carbocycles. The Hall–Kier alpha value is 0.0249. The molecule has 1 atom stereocenters. The van der Waals surface area contributed by atoms with Gasteiger partial charge in [0, 0.05) is 7.05 Å². The van der Waals surface area contributed by atoms with Crippen molar-refractivity contribution in [2.75, 3.05) is 13.6 Å². The molecule has 1 unspecified atom stereocenters. The van der Waals surface area contributed by atoms with Crippen molar-refractivity contribution >= 4 is 7.41 Å².